The van der Waals surface area contributed by atoms with Crippen LogP contribution in [0.4, 0.5) is 4.79 Å². The smallest absolute Gasteiger partial charge is 0.411 e. The summed E-state index contributed by atoms with van der Waals surface area (Å²) < 4.78 is 5.54. The molecule has 8 nitrogen and oxygen atoms in total. The fourth-order valence-corrected chi connectivity index (χ4v) is 8.11. The summed E-state index contributed by atoms with van der Waals surface area (Å²) in [7, 11) is 0. The molecule has 2 N–H and O–H groups in total. The maximum absolute atomic E-state index is 13.6. The Bertz CT molecular complexity index is 992. The van der Waals surface area contributed by atoms with Crippen LogP contribution in [0.2, 0.25) is 0 Å². The van der Waals surface area contributed by atoms with Crippen molar-refractivity contribution in [2.45, 2.75) is 96.0 Å². The highest BCUT2D eigenvalue weighted by Gasteiger charge is 2.39. The van der Waals surface area contributed by atoms with Crippen LogP contribution in [0.1, 0.15) is 71.3 Å². The number of benzene rings is 1. The zero-order valence-corrected chi connectivity index (χ0v) is 26.6. The van der Waals surface area contributed by atoms with E-state index >= 15 is 0 Å². The normalized spacial score (nSPS) is 21.8. The first-order valence-corrected chi connectivity index (χ1v) is 17.5. The predicted octanol–water partition coefficient (Wildman–Crippen LogP) is 4.88. The number of likely N-dealkylation sites (tertiary alicyclic amines) is 1. The molecule has 0 radical (unpaired) electrons. The minimum Gasteiger partial charge on any atom is -0.444 e. The molecule has 3 aliphatic rings. The number of ether oxygens (including phenoxy) is 1. The molecule has 2 heterocycles. The summed E-state index contributed by atoms with van der Waals surface area (Å²) in [5.74, 6) is 2.74. The average Bonchev–Trinajstić information content (AvgIpc) is 3.44. The van der Waals surface area contributed by atoms with Gasteiger partial charge in [-0.2, -0.15) is 11.8 Å². The fourth-order valence-electron chi connectivity index (χ4n) is 5.70. The van der Waals surface area contributed by atoms with Gasteiger partial charge >= 0.3 is 6.09 Å². The molecule has 1 aromatic carbocycles. The average molecular weight is 605 g/mol. The molecule has 3 amide bonds. The van der Waals surface area contributed by atoms with Crippen molar-refractivity contribution in [3.63, 3.8) is 0 Å². The molecule has 2 atom stereocenters. The van der Waals surface area contributed by atoms with Crippen LogP contribution >= 0.6 is 23.5 Å². The Morgan fingerprint density at radius 2 is 1.76 bits per heavy atom. The molecule has 1 aromatic rings. The molecule has 0 aromatic heterocycles. The van der Waals surface area contributed by atoms with E-state index < -0.39 is 23.8 Å². The Morgan fingerprint density at radius 1 is 1.05 bits per heavy atom. The molecule has 1 unspecified atom stereocenters. The van der Waals surface area contributed by atoms with Crippen molar-refractivity contribution in [3.8, 4) is 0 Å². The van der Waals surface area contributed by atoms with Gasteiger partial charge in [0.25, 0.3) is 0 Å². The third-order valence-electron chi connectivity index (χ3n) is 7.99. The van der Waals surface area contributed by atoms with Crippen LogP contribution in [0.5, 0.6) is 0 Å². The second-order valence-electron chi connectivity index (χ2n) is 12.6. The van der Waals surface area contributed by atoms with E-state index in [-0.39, 0.29) is 17.9 Å². The van der Waals surface area contributed by atoms with Gasteiger partial charge < -0.3 is 15.4 Å². The maximum Gasteiger partial charge on any atom is 0.411 e. The minimum atomic E-state index is -0.644. The highest BCUT2D eigenvalue weighted by Crippen LogP contribution is 2.27. The number of rotatable bonds is 10. The summed E-state index contributed by atoms with van der Waals surface area (Å²) in [4.78, 5) is 43.7. The SMILES string of the molecule is CC(C)(C)OC(=O)N1CSCC1C(=O)N[C@@H](CSCC1CCCCC1)C(=O)NC1CCN(Cc2ccccc2)CC1. The molecule has 1 aliphatic carbocycles. The van der Waals surface area contributed by atoms with Gasteiger partial charge in [-0.15, -0.1) is 11.8 Å². The second-order valence-corrected chi connectivity index (χ2v) is 14.7. The van der Waals surface area contributed by atoms with E-state index in [1.165, 1.54) is 54.3 Å². The summed E-state index contributed by atoms with van der Waals surface area (Å²) in [5.41, 5.74) is 0.665. The largest absolute Gasteiger partial charge is 0.444 e. The summed E-state index contributed by atoms with van der Waals surface area (Å²) in [6, 6.07) is 9.30. The van der Waals surface area contributed by atoms with E-state index in [1.54, 1.807) is 11.8 Å². The topological polar surface area (TPSA) is 91.0 Å². The molecule has 2 saturated heterocycles. The molecule has 228 valence electrons. The highest BCUT2D eigenvalue weighted by atomic mass is 32.2. The van der Waals surface area contributed by atoms with Gasteiger partial charge in [-0.3, -0.25) is 19.4 Å². The van der Waals surface area contributed by atoms with Crippen LogP contribution in [0.15, 0.2) is 30.3 Å². The van der Waals surface area contributed by atoms with E-state index in [2.05, 4.69) is 39.8 Å². The Hall–Kier alpha value is -1.91. The van der Waals surface area contributed by atoms with Gasteiger partial charge in [0.1, 0.15) is 17.7 Å². The van der Waals surface area contributed by atoms with E-state index in [1.807, 2.05) is 26.8 Å². The van der Waals surface area contributed by atoms with Crippen molar-refractivity contribution in [2.75, 3.05) is 36.2 Å². The summed E-state index contributed by atoms with van der Waals surface area (Å²) in [5, 5.41) is 6.28. The van der Waals surface area contributed by atoms with E-state index in [0.29, 0.717) is 23.3 Å². The number of nitrogens with one attached hydrogen (secondary N) is 2. The van der Waals surface area contributed by atoms with Gasteiger partial charge in [0.05, 0.1) is 5.88 Å². The summed E-state index contributed by atoms with van der Waals surface area (Å²) in [6.07, 6.45) is 7.69. The zero-order chi connectivity index (χ0) is 29.2. The number of carbonyl (C=O) groups excluding carboxylic acids is 3. The number of thioether (sulfide) groups is 2. The van der Waals surface area contributed by atoms with Crippen molar-refractivity contribution < 1.29 is 19.1 Å². The van der Waals surface area contributed by atoms with Crippen molar-refractivity contribution in [1.29, 1.82) is 0 Å². The lowest BCUT2D eigenvalue weighted by Crippen LogP contribution is -2.57. The molecule has 10 heteroatoms. The van der Waals surface area contributed by atoms with Gasteiger partial charge in [-0.25, -0.2) is 4.79 Å². The summed E-state index contributed by atoms with van der Waals surface area (Å²) in [6.45, 7) is 8.23. The van der Waals surface area contributed by atoms with Gasteiger partial charge in [0.2, 0.25) is 11.8 Å². The van der Waals surface area contributed by atoms with Crippen LogP contribution in [0, 0.1) is 5.92 Å². The third kappa shape index (κ3) is 10.4. The molecule has 0 spiro atoms. The van der Waals surface area contributed by atoms with Crippen molar-refractivity contribution in [1.82, 2.24) is 20.4 Å². The Morgan fingerprint density at radius 3 is 2.44 bits per heavy atom. The van der Waals surface area contributed by atoms with Crippen LogP contribution in [0.25, 0.3) is 0 Å². The van der Waals surface area contributed by atoms with Gasteiger partial charge in [-0.1, -0.05) is 49.6 Å². The van der Waals surface area contributed by atoms with Crippen LogP contribution in [-0.2, 0) is 20.9 Å². The molecule has 0 bridgehead atoms. The van der Waals surface area contributed by atoms with E-state index in [0.717, 1.165) is 38.2 Å². The highest BCUT2D eigenvalue weighted by molar-refractivity contribution is 7.99. The molecular weight excluding hydrogens is 556 g/mol. The van der Waals surface area contributed by atoms with Crippen LogP contribution < -0.4 is 10.6 Å². The molecule has 2 aliphatic heterocycles. The fraction of sp³-hybridized carbons (Fsp3) is 0.710. The molecule has 3 fully saturated rings. The number of piperidine rings is 1. The molecular formula is C31H48N4O4S2. The van der Waals surface area contributed by atoms with Crippen molar-refractivity contribution in [2.24, 2.45) is 5.92 Å². The Kier molecular flexibility index (Phi) is 12.1. The second kappa shape index (κ2) is 15.5. The maximum atomic E-state index is 13.6. The van der Waals surface area contributed by atoms with Crippen molar-refractivity contribution >= 4 is 41.4 Å². The Balaban J connectivity index is 1.32. The van der Waals surface area contributed by atoms with Crippen LogP contribution in [0.3, 0.4) is 0 Å². The first kappa shape index (κ1) is 32.0. The lowest BCUT2D eigenvalue weighted by molar-refractivity contribution is -0.131. The number of nitrogens with zero attached hydrogens (tertiary/aromatic N) is 2. The first-order valence-electron chi connectivity index (χ1n) is 15.2. The van der Waals surface area contributed by atoms with E-state index in [4.69, 9.17) is 4.74 Å². The molecule has 1 saturated carbocycles. The van der Waals surface area contributed by atoms with E-state index in [9.17, 15) is 14.4 Å². The van der Waals surface area contributed by atoms with Crippen LogP contribution in [-0.4, -0.2) is 87.7 Å². The predicted molar refractivity (Wildman–Crippen MR) is 168 cm³/mol. The lowest BCUT2D eigenvalue weighted by Gasteiger charge is -2.33. The zero-order valence-electron chi connectivity index (χ0n) is 24.9. The first-order chi connectivity index (χ1) is 19.7. The molecule has 4 rings (SSSR count). The van der Waals surface area contributed by atoms with Gasteiger partial charge in [-0.05, 0) is 63.7 Å². The third-order valence-corrected chi connectivity index (χ3v) is 10.3. The quantitative estimate of drug-likeness (QED) is 0.394. The summed E-state index contributed by atoms with van der Waals surface area (Å²) >= 11 is 3.29. The van der Waals surface area contributed by atoms with Crippen molar-refractivity contribution in [3.05, 3.63) is 35.9 Å². The van der Waals surface area contributed by atoms with Gasteiger partial charge in [0.15, 0.2) is 0 Å². The minimum absolute atomic E-state index is 0.0950. The molecule has 41 heavy (non-hydrogen) atoms. The lowest BCUT2D eigenvalue weighted by atomic mass is 9.91. The monoisotopic (exact) mass is 604 g/mol. The van der Waals surface area contributed by atoms with Gasteiger partial charge in [0, 0.05) is 37.2 Å². The number of carbonyl (C=O) groups is 3. The number of amides is 3. The number of hydrogen-bond acceptors (Lipinski definition) is 7. The Labute approximate surface area is 254 Å². The number of hydrogen-bond donors (Lipinski definition) is 2. The standard InChI is InChI=1S/C31H48N4O4S2/c1-31(2,3)39-30(38)35-22-41-21-27(35)29(37)33-26(20-40-19-24-12-8-5-9-13-24)28(36)32-25-14-16-34(17-15-25)18-23-10-6-4-7-11-23/h4,6-7,10-11,24-27H,5,8-9,12-22H2,1-3H3,(H,32,36)(H,33,37)/t26-,27?/m0/s1.